The van der Waals surface area contributed by atoms with Gasteiger partial charge in [0.15, 0.2) is 0 Å². The van der Waals surface area contributed by atoms with Crippen molar-refractivity contribution in [1.82, 2.24) is 19.8 Å². The number of likely N-dealkylation sites (N-methyl/N-ethyl adjacent to an activating group) is 1. The summed E-state index contributed by atoms with van der Waals surface area (Å²) in [5, 5.41) is 11.4. The van der Waals surface area contributed by atoms with Crippen molar-refractivity contribution in [2.75, 3.05) is 33.2 Å². The number of aliphatic hydroxyl groups excluding tert-OH is 1. The van der Waals surface area contributed by atoms with E-state index in [0.29, 0.717) is 17.2 Å². The average molecular weight is 543 g/mol. The molecule has 2 atom stereocenters. The van der Waals surface area contributed by atoms with Crippen molar-refractivity contribution in [3.05, 3.63) is 71.4 Å². The zero-order chi connectivity index (χ0) is 26.8. The highest BCUT2D eigenvalue weighted by molar-refractivity contribution is 7.18. The molecule has 1 aliphatic heterocycles. The second kappa shape index (κ2) is 11.4. The highest BCUT2D eigenvalue weighted by atomic mass is 32.1. The Balaban J connectivity index is 1.16. The molecule has 4 aromatic rings. The number of hydrogen-bond acceptors (Lipinski definition) is 7. The lowest BCUT2D eigenvalue weighted by molar-refractivity contribution is 0.0664. The van der Waals surface area contributed by atoms with Crippen LogP contribution in [-0.4, -0.2) is 70.1 Å². The largest absolute Gasteiger partial charge is 0.457 e. The molecule has 1 amide bonds. The monoisotopic (exact) mass is 542 g/mol. The van der Waals surface area contributed by atoms with Gasteiger partial charge in [0, 0.05) is 62.1 Å². The summed E-state index contributed by atoms with van der Waals surface area (Å²) in [5.74, 6) is 1.80. The van der Waals surface area contributed by atoms with E-state index in [0.717, 1.165) is 84.1 Å². The van der Waals surface area contributed by atoms with E-state index >= 15 is 0 Å². The third-order valence-electron chi connectivity index (χ3n) is 7.87. The molecule has 1 aliphatic carbocycles. The highest BCUT2D eigenvalue weighted by Crippen LogP contribution is 2.34. The molecule has 2 aliphatic rings. The van der Waals surface area contributed by atoms with Crippen LogP contribution in [0.4, 0.5) is 0 Å². The summed E-state index contributed by atoms with van der Waals surface area (Å²) in [6.45, 7) is 3.28. The van der Waals surface area contributed by atoms with Crippen LogP contribution >= 0.6 is 11.3 Å². The lowest BCUT2D eigenvalue weighted by Gasteiger charge is -2.32. The van der Waals surface area contributed by atoms with Gasteiger partial charge in [0.25, 0.3) is 5.91 Å². The molecule has 6 rings (SSSR count). The second-order valence-corrected chi connectivity index (χ2v) is 11.8. The van der Waals surface area contributed by atoms with Gasteiger partial charge in [-0.3, -0.25) is 9.78 Å². The van der Waals surface area contributed by atoms with Gasteiger partial charge < -0.3 is 19.6 Å². The van der Waals surface area contributed by atoms with Crippen LogP contribution in [0.5, 0.6) is 11.5 Å². The Labute approximate surface area is 233 Å². The van der Waals surface area contributed by atoms with E-state index in [4.69, 9.17) is 9.72 Å². The fourth-order valence-electron chi connectivity index (χ4n) is 5.53. The van der Waals surface area contributed by atoms with Crippen molar-refractivity contribution < 1.29 is 14.6 Å². The van der Waals surface area contributed by atoms with Crippen molar-refractivity contribution in [2.45, 2.75) is 38.2 Å². The maximum atomic E-state index is 13.1. The summed E-state index contributed by atoms with van der Waals surface area (Å²) in [6, 6.07) is 17.4. The third-order valence-corrected chi connectivity index (χ3v) is 8.91. The van der Waals surface area contributed by atoms with E-state index in [1.165, 1.54) is 6.42 Å². The number of pyridine rings is 1. The standard InChI is InChI=1S/C31H34N4O3S/c1-34-13-15-35(16-14-34)31(37)23-7-4-6-21(17-23)27-19-25(11-12-32-27)38-24-9-10-26-29(20-24)39-30(33-26)18-22-5-2-3-8-28(22)36/h4,6-7,9-12,17,19-20,22,28,36H,2-3,5,8,13-16,18H2,1H3/t22-,28+/m0/s1. The second-order valence-electron chi connectivity index (χ2n) is 10.7. The van der Waals surface area contributed by atoms with Gasteiger partial charge in [-0.05, 0) is 56.1 Å². The number of benzene rings is 2. The summed E-state index contributed by atoms with van der Waals surface area (Å²) in [5.41, 5.74) is 3.28. The third kappa shape index (κ3) is 5.98. The lowest BCUT2D eigenvalue weighted by Crippen LogP contribution is -2.47. The molecule has 3 heterocycles. The normalized spacial score (nSPS) is 20.3. The van der Waals surface area contributed by atoms with Gasteiger partial charge in [-0.1, -0.05) is 25.0 Å². The van der Waals surface area contributed by atoms with E-state index in [1.54, 1.807) is 17.5 Å². The molecule has 2 aromatic carbocycles. The number of hydrogen-bond donors (Lipinski definition) is 1. The minimum atomic E-state index is -0.212. The van der Waals surface area contributed by atoms with Crippen molar-refractivity contribution in [1.29, 1.82) is 0 Å². The number of fused-ring (bicyclic) bond motifs is 1. The van der Waals surface area contributed by atoms with Crippen LogP contribution in [0.15, 0.2) is 60.8 Å². The zero-order valence-corrected chi connectivity index (χ0v) is 23.1. The fraction of sp³-hybridized carbons (Fsp3) is 0.387. The van der Waals surface area contributed by atoms with Crippen LogP contribution in [0, 0.1) is 5.92 Å². The van der Waals surface area contributed by atoms with Crippen LogP contribution < -0.4 is 4.74 Å². The number of thiazole rings is 1. The van der Waals surface area contributed by atoms with Gasteiger partial charge in [-0.25, -0.2) is 4.98 Å². The van der Waals surface area contributed by atoms with E-state index in [1.807, 2.05) is 59.5 Å². The van der Waals surface area contributed by atoms with Crippen LogP contribution in [0.2, 0.25) is 0 Å². The van der Waals surface area contributed by atoms with Crippen molar-refractivity contribution in [3.63, 3.8) is 0 Å². The van der Waals surface area contributed by atoms with E-state index < -0.39 is 0 Å². The molecule has 1 N–H and O–H groups in total. The molecule has 0 spiro atoms. The number of aliphatic hydroxyl groups is 1. The van der Waals surface area contributed by atoms with Gasteiger partial charge in [0.2, 0.25) is 0 Å². The minimum absolute atomic E-state index is 0.0626. The van der Waals surface area contributed by atoms with Crippen LogP contribution in [-0.2, 0) is 6.42 Å². The Hall–Kier alpha value is -3.33. The Morgan fingerprint density at radius 1 is 1.03 bits per heavy atom. The predicted molar refractivity (Wildman–Crippen MR) is 154 cm³/mol. The number of amides is 1. The quantitative estimate of drug-likeness (QED) is 0.340. The van der Waals surface area contributed by atoms with Crippen molar-refractivity contribution in [2.24, 2.45) is 5.92 Å². The SMILES string of the molecule is CN1CCN(C(=O)c2cccc(-c3cc(Oc4ccc5nc(C[C@@H]6CCCC[C@H]6O)sc5c4)ccn3)c2)CC1. The lowest BCUT2D eigenvalue weighted by atomic mass is 9.84. The number of carbonyl (C=O) groups excluding carboxylic acids is 1. The molecule has 0 radical (unpaired) electrons. The molecular weight excluding hydrogens is 508 g/mol. The molecule has 0 bridgehead atoms. The number of aromatic nitrogens is 2. The van der Waals surface area contributed by atoms with E-state index in [-0.39, 0.29) is 12.0 Å². The smallest absolute Gasteiger partial charge is 0.253 e. The molecular formula is C31H34N4O3S. The van der Waals surface area contributed by atoms with Gasteiger partial charge in [-0.15, -0.1) is 11.3 Å². The first kappa shape index (κ1) is 25.9. The first-order chi connectivity index (χ1) is 19.0. The number of carbonyl (C=O) groups is 1. The van der Waals surface area contributed by atoms with Gasteiger partial charge >= 0.3 is 0 Å². The summed E-state index contributed by atoms with van der Waals surface area (Å²) in [6.07, 6.45) is 6.64. The summed E-state index contributed by atoms with van der Waals surface area (Å²) in [4.78, 5) is 26.6. The summed E-state index contributed by atoms with van der Waals surface area (Å²) < 4.78 is 7.31. The topological polar surface area (TPSA) is 78.8 Å². The fourth-order valence-corrected chi connectivity index (χ4v) is 6.61. The van der Waals surface area contributed by atoms with Gasteiger partial charge in [0.1, 0.15) is 11.5 Å². The number of ether oxygens (including phenoxy) is 1. The molecule has 8 heteroatoms. The summed E-state index contributed by atoms with van der Waals surface area (Å²) in [7, 11) is 2.08. The number of piperazine rings is 1. The zero-order valence-electron chi connectivity index (χ0n) is 22.3. The van der Waals surface area contributed by atoms with Crippen molar-refractivity contribution >= 4 is 27.5 Å². The molecule has 1 saturated heterocycles. The van der Waals surface area contributed by atoms with Crippen molar-refractivity contribution in [3.8, 4) is 22.8 Å². The highest BCUT2D eigenvalue weighted by Gasteiger charge is 2.24. The molecule has 0 unspecified atom stereocenters. The maximum absolute atomic E-state index is 13.1. The molecule has 1 saturated carbocycles. The van der Waals surface area contributed by atoms with Crippen LogP contribution in [0.3, 0.4) is 0 Å². The molecule has 2 fully saturated rings. The Bertz CT molecular complexity index is 1460. The van der Waals surface area contributed by atoms with Crippen LogP contribution in [0.1, 0.15) is 41.0 Å². The van der Waals surface area contributed by atoms with E-state index in [9.17, 15) is 9.90 Å². The Morgan fingerprint density at radius 2 is 1.85 bits per heavy atom. The average Bonchev–Trinajstić information content (AvgIpc) is 3.36. The first-order valence-corrected chi connectivity index (χ1v) is 14.6. The molecule has 202 valence electrons. The maximum Gasteiger partial charge on any atom is 0.253 e. The number of rotatable bonds is 6. The Kier molecular flexibility index (Phi) is 7.59. The van der Waals surface area contributed by atoms with E-state index in [2.05, 4.69) is 16.9 Å². The van der Waals surface area contributed by atoms with Crippen LogP contribution in [0.25, 0.3) is 21.5 Å². The molecule has 7 nitrogen and oxygen atoms in total. The van der Waals surface area contributed by atoms with Gasteiger partial charge in [-0.2, -0.15) is 0 Å². The molecule has 39 heavy (non-hydrogen) atoms. The molecule has 2 aromatic heterocycles. The Morgan fingerprint density at radius 3 is 2.69 bits per heavy atom. The predicted octanol–water partition coefficient (Wildman–Crippen LogP) is 5.63. The summed E-state index contributed by atoms with van der Waals surface area (Å²) >= 11 is 1.68. The minimum Gasteiger partial charge on any atom is -0.457 e. The number of nitrogens with zero attached hydrogens (tertiary/aromatic N) is 4. The van der Waals surface area contributed by atoms with Gasteiger partial charge in [0.05, 0.1) is 27.0 Å². The first-order valence-electron chi connectivity index (χ1n) is 13.8.